The van der Waals surface area contributed by atoms with Crippen LogP contribution >= 0.6 is 0 Å². The molecule has 0 radical (unpaired) electrons. The van der Waals surface area contributed by atoms with E-state index in [9.17, 15) is 4.79 Å². The first-order valence-corrected chi connectivity index (χ1v) is 4.36. The predicted octanol–water partition coefficient (Wildman–Crippen LogP) is 0.464. The van der Waals surface area contributed by atoms with Gasteiger partial charge in [-0.3, -0.25) is 4.79 Å². The third-order valence-electron chi connectivity index (χ3n) is 2.60. The molecule has 2 fully saturated rings. The van der Waals surface area contributed by atoms with Crippen molar-refractivity contribution >= 4 is 5.91 Å². The Hall–Kier alpha value is -0.570. The summed E-state index contributed by atoms with van der Waals surface area (Å²) in [6.45, 7) is 4.06. The first-order chi connectivity index (χ1) is 5.36. The Morgan fingerprint density at radius 3 is 3.08 bits per heavy atom. The van der Waals surface area contributed by atoms with Crippen LogP contribution in [-0.4, -0.2) is 37.0 Å². The number of rotatable bonds is 0. The van der Waals surface area contributed by atoms with Gasteiger partial charge in [-0.2, -0.15) is 0 Å². The van der Waals surface area contributed by atoms with Crippen molar-refractivity contribution in [1.29, 1.82) is 0 Å². The highest BCUT2D eigenvalue weighted by atomic mass is 16.1. The van der Waals surface area contributed by atoms with Gasteiger partial charge in [-0.25, -0.2) is 0 Å². The Morgan fingerprint density at radius 2 is 2.25 bits per heavy atom. The van der Waals surface area contributed by atoms with Gasteiger partial charge in [-0.05, 0) is 19.4 Å². The van der Waals surface area contributed by atoms with Crippen molar-refractivity contribution in [3.8, 4) is 0 Å². The molecule has 2 aliphatic heterocycles. The second-order valence-corrected chi connectivity index (χ2v) is 3.43. The Kier molecular flexibility index (Phi) is 3.09. The molecule has 2 bridgehead atoms. The first kappa shape index (κ1) is 9.52. The number of hydrogen-bond acceptors (Lipinski definition) is 2. The first-order valence-electron chi connectivity index (χ1n) is 4.36. The average Bonchev–Trinajstić information content (AvgIpc) is 2.14. The maximum atomic E-state index is 11.3. The maximum Gasteiger partial charge on any atom is 0.224 e. The van der Waals surface area contributed by atoms with Crippen LogP contribution in [0.25, 0.3) is 0 Å². The van der Waals surface area contributed by atoms with Crippen molar-refractivity contribution in [3.05, 3.63) is 0 Å². The van der Waals surface area contributed by atoms with Gasteiger partial charge in [0.1, 0.15) is 0 Å². The number of carbonyl (C=O) groups is 1. The Bertz CT molecular complexity index is 170. The fourth-order valence-electron chi connectivity index (χ4n) is 1.95. The SMILES string of the molecule is C.O=C1NCCN2CCCC1C2. The molecule has 2 heterocycles. The lowest BCUT2D eigenvalue weighted by molar-refractivity contribution is -0.125. The van der Waals surface area contributed by atoms with Crippen molar-refractivity contribution in [2.75, 3.05) is 26.2 Å². The van der Waals surface area contributed by atoms with Crippen LogP contribution in [0.1, 0.15) is 20.3 Å². The van der Waals surface area contributed by atoms with Crippen molar-refractivity contribution in [2.24, 2.45) is 5.92 Å². The fourth-order valence-corrected chi connectivity index (χ4v) is 1.95. The summed E-state index contributed by atoms with van der Waals surface area (Å²) in [7, 11) is 0. The molecule has 3 nitrogen and oxygen atoms in total. The highest BCUT2D eigenvalue weighted by Crippen LogP contribution is 2.17. The highest BCUT2D eigenvalue weighted by molar-refractivity contribution is 5.79. The van der Waals surface area contributed by atoms with E-state index in [1.165, 1.54) is 13.0 Å². The predicted molar refractivity (Wildman–Crippen MR) is 48.9 cm³/mol. The number of fused-ring (bicyclic) bond motifs is 2. The number of nitrogens with one attached hydrogen (secondary N) is 1. The fraction of sp³-hybridized carbons (Fsp3) is 0.889. The topological polar surface area (TPSA) is 32.3 Å². The van der Waals surface area contributed by atoms with Gasteiger partial charge < -0.3 is 10.2 Å². The van der Waals surface area contributed by atoms with Gasteiger partial charge in [0.25, 0.3) is 0 Å². The molecule has 2 rings (SSSR count). The molecule has 0 aromatic rings. The zero-order chi connectivity index (χ0) is 7.68. The summed E-state index contributed by atoms with van der Waals surface area (Å²) < 4.78 is 0. The summed E-state index contributed by atoms with van der Waals surface area (Å²) >= 11 is 0. The normalized spacial score (nSPS) is 34.5. The van der Waals surface area contributed by atoms with E-state index in [-0.39, 0.29) is 19.3 Å². The van der Waals surface area contributed by atoms with Crippen LogP contribution in [-0.2, 0) is 4.79 Å². The second kappa shape index (κ2) is 3.90. The summed E-state index contributed by atoms with van der Waals surface area (Å²) in [5.41, 5.74) is 0. The molecule has 2 unspecified atom stereocenters. The van der Waals surface area contributed by atoms with Gasteiger partial charge in [0.15, 0.2) is 0 Å². The van der Waals surface area contributed by atoms with Gasteiger partial charge in [-0.1, -0.05) is 7.43 Å². The van der Waals surface area contributed by atoms with E-state index in [0.717, 1.165) is 26.1 Å². The molecule has 0 aromatic carbocycles. The van der Waals surface area contributed by atoms with E-state index in [1.807, 2.05) is 0 Å². The standard InChI is InChI=1S/C8H14N2O.CH4/c11-8-7-2-1-4-10(6-7)5-3-9-8;/h7H,1-6H2,(H,9,11);1H4. The van der Waals surface area contributed by atoms with Gasteiger partial charge in [0.2, 0.25) is 5.91 Å². The lowest BCUT2D eigenvalue weighted by Gasteiger charge is -2.27. The Morgan fingerprint density at radius 1 is 1.42 bits per heavy atom. The van der Waals surface area contributed by atoms with Gasteiger partial charge >= 0.3 is 0 Å². The maximum absolute atomic E-state index is 11.3. The molecule has 0 saturated carbocycles. The lowest BCUT2D eigenvalue weighted by atomic mass is 9.98. The van der Waals surface area contributed by atoms with Crippen LogP contribution in [0.2, 0.25) is 0 Å². The molecule has 70 valence electrons. The molecule has 2 saturated heterocycles. The lowest BCUT2D eigenvalue weighted by Crippen LogP contribution is -2.37. The Labute approximate surface area is 74.1 Å². The monoisotopic (exact) mass is 170 g/mol. The summed E-state index contributed by atoms with van der Waals surface area (Å²) in [4.78, 5) is 13.7. The molecule has 1 N–H and O–H groups in total. The number of carbonyl (C=O) groups excluding carboxylic acids is 1. The molecule has 2 atom stereocenters. The van der Waals surface area contributed by atoms with Gasteiger partial charge in [0, 0.05) is 19.6 Å². The third-order valence-corrected chi connectivity index (χ3v) is 2.60. The zero-order valence-electron chi connectivity index (χ0n) is 6.68. The van der Waals surface area contributed by atoms with E-state index < -0.39 is 0 Å². The minimum Gasteiger partial charge on any atom is -0.355 e. The van der Waals surface area contributed by atoms with Crippen molar-refractivity contribution in [3.63, 3.8) is 0 Å². The summed E-state index contributed by atoms with van der Waals surface area (Å²) in [5.74, 6) is 0.554. The highest BCUT2D eigenvalue weighted by Gasteiger charge is 2.27. The molecule has 3 heteroatoms. The van der Waals surface area contributed by atoms with E-state index in [4.69, 9.17) is 0 Å². The number of amides is 1. The molecule has 0 aliphatic carbocycles. The third kappa shape index (κ3) is 1.78. The summed E-state index contributed by atoms with van der Waals surface area (Å²) in [5, 5.41) is 2.94. The summed E-state index contributed by atoms with van der Waals surface area (Å²) in [6, 6.07) is 0. The van der Waals surface area contributed by atoms with E-state index >= 15 is 0 Å². The van der Waals surface area contributed by atoms with E-state index in [1.54, 1.807) is 0 Å². The van der Waals surface area contributed by atoms with E-state index in [0.29, 0.717) is 0 Å². The van der Waals surface area contributed by atoms with Crippen LogP contribution in [0.4, 0.5) is 0 Å². The van der Waals surface area contributed by atoms with Gasteiger partial charge in [0.05, 0.1) is 5.92 Å². The number of piperidine rings is 1. The van der Waals surface area contributed by atoms with Crippen LogP contribution in [0.15, 0.2) is 0 Å². The Balaban J connectivity index is 0.000000720. The van der Waals surface area contributed by atoms with Crippen LogP contribution < -0.4 is 5.32 Å². The largest absolute Gasteiger partial charge is 0.355 e. The van der Waals surface area contributed by atoms with Crippen LogP contribution in [0.5, 0.6) is 0 Å². The van der Waals surface area contributed by atoms with Crippen molar-refractivity contribution in [2.45, 2.75) is 20.3 Å². The number of nitrogens with zero attached hydrogens (tertiary/aromatic N) is 1. The second-order valence-electron chi connectivity index (χ2n) is 3.43. The number of hydrogen-bond donors (Lipinski definition) is 1. The summed E-state index contributed by atoms with van der Waals surface area (Å²) in [6.07, 6.45) is 2.28. The van der Waals surface area contributed by atoms with Gasteiger partial charge in [-0.15, -0.1) is 0 Å². The minimum absolute atomic E-state index is 0. The smallest absolute Gasteiger partial charge is 0.224 e. The van der Waals surface area contributed by atoms with Crippen LogP contribution in [0, 0.1) is 5.92 Å². The van der Waals surface area contributed by atoms with Crippen molar-refractivity contribution < 1.29 is 4.79 Å². The zero-order valence-corrected chi connectivity index (χ0v) is 6.68. The molecular weight excluding hydrogens is 152 g/mol. The molecule has 1 amide bonds. The molecule has 2 aliphatic rings. The molecule has 12 heavy (non-hydrogen) atoms. The van der Waals surface area contributed by atoms with Crippen LogP contribution in [0.3, 0.4) is 0 Å². The quantitative estimate of drug-likeness (QED) is 0.573. The molecular formula is C9H18N2O. The van der Waals surface area contributed by atoms with E-state index in [2.05, 4.69) is 10.2 Å². The minimum atomic E-state index is 0. The van der Waals surface area contributed by atoms with Crippen molar-refractivity contribution in [1.82, 2.24) is 10.2 Å². The molecule has 0 spiro atoms. The average molecular weight is 170 g/mol. The molecule has 0 aromatic heterocycles.